The summed E-state index contributed by atoms with van der Waals surface area (Å²) >= 11 is 0. The Kier molecular flexibility index (Phi) is 3.88. The molecule has 0 aromatic carbocycles. The third kappa shape index (κ3) is 2.93. The van der Waals surface area contributed by atoms with Gasteiger partial charge in [0.25, 0.3) is 0 Å². The van der Waals surface area contributed by atoms with Crippen molar-refractivity contribution < 1.29 is 19.8 Å². The molecule has 0 aliphatic carbocycles. The number of carboxylic acids is 1. The molecule has 0 saturated carbocycles. The van der Waals surface area contributed by atoms with Crippen LogP contribution < -0.4 is 10.6 Å². The van der Waals surface area contributed by atoms with Crippen LogP contribution in [0, 0.1) is 11.8 Å². The van der Waals surface area contributed by atoms with Gasteiger partial charge in [0.15, 0.2) is 5.60 Å². The molecule has 2 atom stereocenters. The predicted octanol–water partition coefficient (Wildman–Crippen LogP) is -1.21. The standard InChI is InChI=1S/C10H18N2O4/c1-6(7-3-11-4-7)8(13)12-5-10(2,16)9(14)15/h6-7,11,16H,3-5H2,1-2H3,(H,12,13)(H,14,15). The number of rotatable bonds is 5. The fraction of sp³-hybridized carbons (Fsp3) is 0.800. The monoisotopic (exact) mass is 230 g/mol. The Hall–Kier alpha value is -1.14. The van der Waals surface area contributed by atoms with E-state index in [0.29, 0.717) is 5.92 Å². The topological polar surface area (TPSA) is 98.7 Å². The van der Waals surface area contributed by atoms with Crippen LogP contribution in [-0.2, 0) is 9.59 Å². The van der Waals surface area contributed by atoms with Crippen molar-refractivity contribution in [3.8, 4) is 0 Å². The van der Waals surface area contributed by atoms with Gasteiger partial charge in [-0.2, -0.15) is 0 Å². The summed E-state index contributed by atoms with van der Waals surface area (Å²) in [7, 11) is 0. The molecule has 1 aliphatic heterocycles. The zero-order valence-electron chi connectivity index (χ0n) is 9.49. The molecule has 6 heteroatoms. The quantitative estimate of drug-likeness (QED) is 0.475. The predicted molar refractivity (Wildman–Crippen MR) is 56.8 cm³/mol. The van der Waals surface area contributed by atoms with E-state index in [1.807, 2.05) is 0 Å². The van der Waals surface area contributed by atoms with Gasteiger partial charge in [-0.15, -0.1) is 0 Å². The van der Waals surface area contributed by atoms with Crippen molar-refractivity contribution in [2.24, 2.45) is 11.8 Å². The third-order valence-corrected chi connectivity index (χ3v) is 3.00. The summed E-state index contributed by atoms with van der Waals surface area (Å²) in [5.41, 5.74) is -1.91. The van der Waals surface area contributed by atoms with Gasteiger partial charge >= 0.3 is 5.97 Å². The molecule has 16 heavy (non-hydrogen) atoms. The third-order valence-electron chi connectivity index (χ3n) is 3.00. The molecule has 1 amide bonds. The van der Waals surface area contributed by atoms with Crippen LogP contribution in [0.3, 0.4) is 0 Å². The summed E-state index contributed by atoms with van der Waals surface area (Å²) in [6, 6.07) is 0. The molecule has 0 bridgehead atoms. The van der Waals surface area contributed by atoms with Crippen molar-refractivity contribution >= 4 is 11.9 Å². The second-order valence-electron chi connectivity index (χ2n) is 4.50. The molecule has 0 spiro atoms. The Bertz CT molecular complexity index is 287. The normalized spacial score (nSPS) is 21.7. The van der Waals surface area contributed by atoms with E-state index >= 15 is 0 Å². The van der Waals surface area contributed by atoms with Gasteiger partial charge in [0.1, 0.15) is 0 Å². The fourth-order valence-electron chi connectivity index (χ4n) is 1.37. The number of hydrogen-bond acceptors (Lipinski definition) is 4. The molecule has 6 nitrogen and oxygen atoms in total. The zero-order valence-corrected chi connectivity index (χ0v) is 9.49. The molecular weight excluding hydrogens is 212 g/mol. The molecule has 1 rings (SSSR count). The van der Waals surface area contributed by atoms with Crippen LogP contribution in [0.1, 0.15) is 13.8 Å². The van der Waals surface area contributed by atoms with Gasteiger partial charge in [0, 0.05) is 5.92 Å². The van der Waals surface area contributed by atoms with Crippen LogP contribution in [0.5, 0.6) is 0 Å². The lowest BCUT2D eigenvalue weighted by Gasteiger charge is -2.32. The highest BCUT2D eigenvalue weighted by Crippen LogP contribution is 2.15. The van der Waals surface area contributed by atoms with Crippen molar-refractivity contribution in [1.82, 2.24) is 10.6 Å². The molecule has 4 N–H and O–H groups in total. The number of hydrogen-bond donors (Lipinski definition) is 4. The number of amides is 1. The lowest BCUT2D eigenvalue weighted by Crippen LogP contribution is -2.52. The van der Waals surface area contributed by atoms with Crippen molar-refractivity contribution in [2.75, 3.05) is 19.6 Å². The Morgan fingerprint density at radius 2 is 2.12 bits per heavy atom. The molecule has 92 valence electrons. The molecule has 0 aromatic rings. The Morgan fingerprint density at radius 1 is 1.56 bits per heavy atom. The van der Waals surface area contributed by atoms with Crippen LogP contribution in [0.2, 0.25) is 0 Å². The largest absolute Gasteiger partial charge is 0.479 e. The average Bonchev–Trinajstić information content (AvgIpc) is 2.11. The van der Waals surface area contributed by atoms with E-state index in [-0.39, 0.29) is 18.4 Å². The maximum Gasteiger partial charge on any atom is 0.337 e. The van der Waals surface area contributed by atoms with Gasteiger partial charge in [0.2, 0.25) is 5.91 Å². The first-order valence-electron chi connectivity index (χ1n) is 5.29. The number of aliphatic hydroxyl groups is 1. The summed E-state index contributed by atoms with van der Waals surface area (Å²) in [6.45, 7) is 4.31. The summed E-state index contributed by atoms with van der Waals surface area (Å²) in [4.78, 5) is 22.2. The van der Waals surface area contributed by atoms with Crippen molar-refractivity contribution in [2.45, 2.75) is 19.4 Å². The smallest absolute Gasteiger partial charge is 0.337 e. The molecule has 2 unspecified atom stereocenters. The molecule has 0 aromatic heterocycles. The summed E-state index contributed by atoms with van der Waals surface area (Å²) < 4.78 is 0. The van der Waals surface area contributed by atoms with Gasteiger partial charge in [-0.05, 0) is 25.9 Å². The van der Waals surface area contributed by atoms with Crippen LogP contribution in [-0.4, -0.2) is 47.3 Å². The first-order chi connectivity index (χ1) is 7.34. The molecule has 0 radical (unpaired) electrons. The fourth-order valence-corrected chi connectivity index (χ4v) is 1.37. The second-order valence-corrected chi connectivity index (χ2v) is 4.50. The minimum absolute atomic E-state index is 0.161. The first kappa shape index (κ1) is 12.9. The number of carbonyl (C=O) groups is 2. The maximum atomic E-state index is 11.6. The number of aliphatic carboxylic acids is 1. The highest BCUT2D eigenvalue weighted by molar-refractivity contribution is 5.81. The van der Waals surface area contributed by atoms with E-state index < -0.39 is 11.6 Å². The van der Waals surface area contributed by atoms with Gasteiger partial charge in [0.05, 0.1) is 6.54 Å². The average molecular weight is 230 g/mol. The molecule has 1 aliphatic rings. The molecule has 1 heterocycles. The van der Waals surface area contributed by atoms with Gasteiger partial charge in [-0.25, -0.2) is 4.79 Å². The summed E-state index contributed by atoms with van der Waals surface area (Å²) in [6.07, 6.45) is 0. The van der Waals surface area contributed by atoms with Crippen molar-refractivity contribution in [1.29, 1.82) is 0 Å². The van der Waals surface area contributed by atoms with Gasteiger partial charge in [-0.1, -0.05) is 6.92 Å². The van der Waals surface area contributed by atoms with Crippen LogP contribution in [0.4, 0.5) is 0 Å². The molecule has 1 saturated heterocycles. The Balaban J connectivity index is 2.37. The Morgan fingerprint density at radius 3 is 2.50 bits per heavy atom. The van der Waals surface area contributed by atoms with Crippen LogP contribution in [0.25, 0.3) is 0 Å². The minimum Gasteiger partial charge on any atom is -0.479 e. The van der Waals surface area contributed by atoms with Crippen molar-refractivity contribution in [3.63, 3.8) is 0 Å². The maximum absolute atomic E-state index is 11.6. The highest BCUT2D eigenvalue weighted by Gasteiger charge is 2.33. The van der Waals surface area contributed by atoms with E-state index in [1.165, 1.54) is 0 Å². The van der Waals surface area contributed by atoms with Crippen molar-refractivity contribution in [3.05, 3.63) is 0 Å². The second kappa shape index (κ2) is 4.80. The summed E-state index contributed by atoms with van der Waals surface area (Å²) in [5, 5.41) is 23.6. The van der Waals surface area contributed by atoms with E-state index in [2.05, 4.69) is 10.6 Å². The van der Waals surface area contributed by atoms with Gasteiger partial charge in [-0.3, -0.25) is 4.79 Å². The number of nitrogens with one attached hydrogen (secondary N) is 2. The first-order valence-corrected chi connectivity index (χ1v) is 5.29. The molecular formula is C10H18N2O4. The lowest BCUT2D eigenvalue weighted by molar-refractivity contribution is -0.156. The van der Waals surface area contributed by atoms with E-state index in [9.17, 15) is 14.7 Å². The van der Waals surface area contributed by atoms with Crippen LogP contribution in [0.15, 0.2) is 0 Å². The SMILES string of the molecule is CC(C(=O)NCC(C)(O)C(=O)O)C1CNC1. The summed E-state index contributed by atoms with van der Waals surface area (Å²) in [5.74, 6) is -1.42. The number of carboxylic acid groups (broad SMARTS) is 1. The van der Waals surface area contributed by atoms with E-state index in [4.69, 9.17) is 5.11 Å². The number of carbonyl (C=O) groups excluding carboxylic acids is 1. The minimum atomic E-state index is -1.91. The highest BCUT2D eigenvalue weighted by atomic mass is 16.4. The van der Waals surface area contributed by atoms with E-state index in [1.54, 1.807) is 6.92 Å². The van der Waals surface area contributed by atoms with E-state index in [0.717, 1.165) is 20.0 Å². The van der Waals surface area contributed by atoms with Gasteiger partial charge < -0.3 is 20.8 Å². The van der Waals surface area contributed by atoms with Crippen LogP contribution >= 0.6 is 0 Å². The zero-order chi connectivity index (χ0) is 12.3. The molecule has 1 fully saturated rings. The lowest BCUT2D eigenvalue weighted by atomic mass is 9.88. The Labute approximate surface area is 94.0 Å².